The van der Waals surface area contributed by atoms with Crippen molar-refractivity contribution >= 4 is 49.1 Å². The van der Waals surface area contributed by atoms with Crippen LogP contribution < -0.4 is 10.9 Å². The van der Waals surface area contributed by atoms with Crippen LogP contribution in [0.1, 0.15) is 5.69 Å². The summed E-state index contributed by atoms with van der Waals surface area (Å²) in [4.78, 5) is 29.5. The topological polar surface area (TPSA) is 76.9 Å². The fourth-order valence-electron chi connectivity index (χ4n) is 2.92. The van der Waals surface area contributed by atoms with Crippen molar-refractivity contribution in [1.29, 1.82) is 0 Å². The van der Waals surface area contributed by atoms with E-state index in [4.69, 9.17) is 0 Å². The fraction of sp³-hybridized carbons (Fsp3) is 0.100. The second kappa shape index (κ2) is 7.65. The lowest BCUT2D eigenvalue weighted by Crippen LogP contribution is -2.30. The summed E-state index contributed by atoms with van der Waals surface area (Å²) in [5.74, 6) is -0.348. The number of aryl methyl sites for hydroxylation is 1. The van der Waals surface area contributed by atoms with Crippen LogP contribution in [0.5, 0.6) is 0 Å². The first-order valence-corrected chi connectivity index (χ1v) is 10.2. The lowest BCUT2D eigenvalue weighted by molar-refractivity contribution is -0.117. The van der Waals surface area contributed by atoms with Gasteiger partial charge in [-0.15, -0.1) is 11.3 Å². The van der Waals surface area contributed by atoms with Gasteiger partial charge in [-0.1, -0.05) is 46.3 Å². The molecular formula is C20H15BrN4O2S. The Labute approximate surface area is 173 Å². The molecule has 0 aliphatic carbocycles. The molecule has 28 heavy (non-hydrogen) atoms. The third kappa shape index (κ3) is 3.74. The Hall–Kier alpha value is -2.84. The molecule has 6 nitrogen and oxygen atoms in total. The molecule has 1 amide bonds. The van der Waals surface area contributed by atoms with E-state index in [2.05, 4.69) is 31.3 Å². The van der Waals surface area contributed by atoms with Gasteiger partial charge in [0.25, 0.3) is 5.56 Å². The van der Waals surface area contributed by atoms with E-state index in [1.807, 2.05) is 48.7 Å². The second-order valence-electron chi connectivity index (χ2n) is 6.19. The van der Waals surface area contributed by atoms with E-state index >= 15 is 0 Å². The van der Waals surface area contributed by atoms with Gasteiger partial charge in [0.15, 0.2) is 5.13 Å². The number of carbonyl (C=O) groups is 1. The quantitative estimate of drug-likeness (QED) is 0.500. The van der Waals surface area contributed by atoms with E-state index in [0.717, 1.165) is 21.1 Å². The van der Waals surface area contributed by atoms with Crippen LogP contribution in [-0.4, -0.2) is 20.7 Å². The number of nitrogens with zero attached hydrogens (tertiary/aromatic N) is 3. The van der Waals surface area contributed by atoms with Gasteiger partial charge in [-0.2, -0.15) is 5.10 Å². The van der Waals surface area contributed by atoms with Crippen LogP contribution in [-0.2, 0) is 11.3 Å². The van der Waals surface area contributed by atoms with E-state index < -0.39 is 0 Å². The molecule has 4 rings (SSSR count). The van der Waals surface area contributed by atoms with Crippen molar-refractivity contribution in [2.45, 2.75) is 13.5 Å². The monoisotopic (exact) mass is 454 g/mol. The largest absolute Gasteiger partial charge is 0.300 e. The van der Waals surface area contributed by atoms with Crippen LogP contribution in [0.4, 0.5) is 5.13 Å². The number of carbonyl (C=O) groups excluding carboxylic acids is 1. The van der Waals surface area contributed by atoms with E-state index in [9.17, 15) is 9.59 Å². The van der Waals surface area contributed by atoms with Gasteiger partial charge in [0.1, 0.15) is 6.54 Å². The number of amides is 1. The average Bonchev–Trinajstić information content (AvgIpc) is 3.14. The maximum atomic E-state index is 12.6. The lowest BCUT2D eigenvalue weighted by atomic mass is 10.1. The summed E-state index contributed by atoms with van der Waals surface area (Å²) in [5, 5.41) is 10.7. The molecule has 140 valence electrons. The van der Waals surface area contributed by atoms with Gasteiger partial charge in [-0.25, -0.2) is 9.67 Å². The molecule has 0 aliphatic heterocycles. The van der Waals surface area contributed by atoms with Crippen LogP contribution in [0, 0.1) is 6.92 Å². The van der Waals surface area contributed by atoms with Crippen LogP contribution >= 0.6 is 27.3 Å². The number of halogens is 1. The Balaban J connectivity index is 1.53. The Kier molecular flexibility index (Phi) is 5.06. The molecule has 0 saturated carbocycles. The number of hydrogen-bond acceptors (Lipinski definition) is 5. The molecule has 0 saturated heterocycles. The zero-order valence-corrected chi connectivity index (χ0v) is 17.3. The predicted octanol–water partition coefficient (Wildman–Crippen LogP) is 4.23. The fourth-order valence-corrected chi connectivity index (χ4v) is 4.05. The highest BCUT2D eigenvalue weighted by Crippen LogP contribution is 2.26. The van der Waals surface area contributed by atoms with Gasteiger partial charge in [0, 0.05) is 20.8 Å². The maximum absolute atomic E-state index is 12.6. The second-order valence-corrected chi connectivity index (χ2v) is 7.96. The molecule has 4 aromatic rings. The SMILES string of the molecule is Cc1nn(CC(=O)Nc2nc(-c3cccc(Br)c3)cs2)c(=O)c2ccccc12. The number of thiazole rings is 1. The summed E-state index contributed by atoms with van der Waals surface area (Å²) in [5.41, 5.74) is 2.15. The Bertz CT molecular complexity index is 1250. The Morgan fingerprint density at radius 3 is 2.75 bits per heavy atom. The normalized spacial score (nSPS) is 10.9. The standard InChI is InChI=1S/C20H15BrN4O2S/c1-12-15-7-2-3-8-16(15)19(27)25(24-12)10-18(26)23-20-22-17(11-28-20)13-5-4-6-14(21)9-13/h2-9,11H,10H2,1H3,(H,22,23,26). The zero-order chi connectivity index (χ0) is 19.7. The van der Waals surface area contributed by atoms with Gasteiger partial charge >= 0.3 is 0 Å². The van der Waals surface area contributed by atoms with Gasteiger partial charge < -0.3 is 5.32 Å². The van der Waals surface area contributed by atoms with Crippen molar-refractivity contribution in [1.82, 2.24) is 14.8 Å². The third-order valence-electron chi connectivity index (χ3n) is 4.22. The molecule has 2 aromatic carbocycles. The molecule has 0 spiro atoms. The molecule has 0 aliphatic rings. The molecule has 0 unspecified atom stereocenters. The van der Waals surface area contributed by atoms with E-state index in [0.29, 0.717) is 16.2 Å². The summed E-state index contributed by atoms with van der Waals surface area (Å²) in [6.45, 7) is 1.65. The van der Waals surface area contributed by atoms with Crippen molar-refractivity contribution in [3.8, 4) is 11.3 Å². The highest BCUT2D eigenvalue weighted by Gasteiger charge is 2.13. The number of aromatic nitrogens is 3. The van der Waals surface area contributed by atoms with Crippen LogP contribution in [0.25, 0.3) is 22.0 Å². The molecule has 0 radical (unpaired) electrons. The maximum Gasteiger partial charge on any atom is 0.275 e. The van der Waals surface area contributed by atoms with Crippen molar-refractivity contribution in [3.05, 3.63) is 74.4 Å². The minimum Gasteiger partial charge on any atom is -0.300 e. The summed E-state index contributed by atoms with van der Waals surface area (Å²) in [7, 11) is 0. The van der Waals surface area contributed by atoms with Gasteiger partial charge in [0.2, 0.25) is 5.91 Å². The van der Waals surface area contributed by atoms with E-state index in [1.165, 1.54) is 16.0 Å². The predicted molar refractivity (Wildman–Crippen MR) is 115 cm³/mol. The zero-order valence-electron chi connectivity index (χ0n) is 14.8. The summed E-state index contributed by atoms with van der Waals surface area (Å²) >= 11 is 4.77. The number of fused-ring (bicyclic) bond motifs is 1. The Morgan fingerprint density at radius 1 is 1.18 bits per heavy atom. The van der Waals surface area contributed by atoms with Crippen molar-refractivity contribution < 1.29 is 4.79 Å². The van der Waals surface area contributed by atoms with E-state index in [-0.39, 0.29) is 18.0 Å². The number of nitrogens with one attached hydrogen (secondary N) is 1. The highest BCUT2D eigenvalue weighted by atomic mass is 79.9. The molecule has 8 heteroatoms. The minimum absolute atomic E-state index is 0.170. The van der Waals surface area contributed by atoms with Crippen LogP contribution in [0.2, 0.25) is 0 Å². The number of hydrogen-bond donors (Lipinski definition) is 1. The number of benzene rings is 2. The molecule has 2 heterocycles. The van der Waals surface area contributed by atoms with Crippen molar-refractivity contribution in [3.63, 3.8) is 0 Å². The number of rotatable bonds is 4. The molecular weight excluding hydrogens is 440 g/mol. The first kappa shape index (κ1) is 18.5. The highest BCUT2D eigenvalue weighted by molar-refractivity contribution is 9.10. The summed E-state index contributed by atoms with van der Waals surface area (Å²) in [6, 6.07) is 15.0. The van der Waals surface area contributed by atoms with Gasteiger partial charge in [-0.05, 0) is 25.1 Å². The first-order chi connectivity index (χ1) is 13.5. The van der Waals surface area contributed by atoms with Crippen molar-refractivity contribution in [2.75, 3.05) is 5.32 Å². The average molecular weight is 455 g/mol. The molecule has 1 N–H and O–H groups in total. The molecule has 2 aromatic heterocycles. The number of anilines is 1. The molecule has 0 atom stereocenters. The van der Waals surface area contributed by atoms with Crippen molar-refractivity contribution in [2.24, 2.45) is 0 Å². The first-order valence-electron chi connectivity index (χ1n) is 8.49. The Morgan fingerprint density at radius 2 is 1.96 bits per heavy atom. The smallest absolute Gasteiger partial charge is 0.275 e. The summed E-state index contributed by atoms with van der Waals surface area (Å²) < 4.78 is 2.15. The lowest BCUT2D eigenvalue weighted by Gasteiger charge is -2.08. The van der Waals surface area contributed by atoms with Gasteiger partial charge in [0.05, 0.1) is 16.8 Å². The van der Waals surface area contributed by atoms with Gasteiger partial charge in [-0.3, -0.25) is 9.59 Å². The summed E-state index contributed by atoms with van der Waals surface area (Å²) in [6.07, 6.45) is 0. The third-order valence-corrected chi connectivity index (χ3v) is 5.47. The van der Waals surface area contributed by atoms with Crippen LogP contribution in [0.15, 0.2) is 63.2 Å². The molecule has 0 bridgehead atoms. The minimum atomic E-state index is -0.348. The molecule has 0 fully saturated rings. The van der Waals surface area contributed by atoms with Crippen LogP contribution in [0.3, 0.4) is 0 Å². The van der Waals surface area contributed by atoms with E-state index in [1.54, 1.807) is 12.1 Å².